The summed E-state index contributed by atoms with van der Waals surface area (Å²) < 4.78 is 0. The first-order valence-electron chi connectivity index (χ1n) is 6.07. The number of aliphatic hydroxyl groups is 1. The number of rotatable bonds is 1. The number of nitrogens with zero attached hydrogens (tertiary/aromatic N) is 3. The minimum Gasteiger partial charge on any atom is -0.392 e. The zero-order valence-corrected chi connectivity index (χ0v) is 9.58. The van der Waals surface area contributed by atoms with Gasteiger partial charge in [-0.25, -0.2) is 4.98 Å². The summed E-state index contributed by atoms with van der Waals surface area (Å²) in [4.78, 5) is 6.55. The lowest BCUT2D eigenvalue weighted by Gasteiger charge is -2.36. The number of hydrogen-bond donors (Lipinski definition) is 1. The van der Waals surface area contributed by atoms with Crippen molar-refractivity contribution in [1.82, 2.24) is 4.98 Å². The van der Waals surface area contributed by atoms with Gasteiger partial charge in [0.05, 0.1) is 11.7 Å². The summed E-state index contributed by atoms with van der Waals surface area (Å²) in [6, 6.07) is 5.77. The fourth-order valence-corrected chi connectivity index (χ4v) is 3.02. The second-order valence-electron chi connectivity index (χ2n) is 5.01. The second kappa shape index (κ2) is 4.01. The van der Waals surface area contributed by atoms with Gasteiger partial charge in [0.2, 0.25) is 0 Å². The molecule has 1 N–H and O–H groups in total. The minimum atomic E-state index is -0.121. The molecule has 0 amide bonds. The van der Waals surface area contributed by atoms with E-state index in [1.165, 1.54) is 0 Å². The third-order valence-electron chi connectivity index (χ3n) is 3.98. The van der Waals surface area contributed by atoms with Crippen molar-refractivity contribution in [2.24, 2.45) is 11.8 Å². The fraction of sp³-hybridized carbons (Fsp3) is 0.538. The van der Waals surface area contributed by atoms with Crippen LogP contribution in [-0.4, -0.2) is 29.3 Å². The standard InChI is InChI=1S/C13H15N3O/c14-5-9-1-4-12(15-6-9)16-7-10-2-3-11(8-16)13(10)17/h1,4,6,10-11,13,17H,2-3,7-8H2/t10-,11+,13?. The zero-order valence-electron chi connectivity index (χ0n) is 9.58. The van der Waals surface area contributed by atoms with Gasteiger partial charge in [-0.05, 0) is 25.0 Å². The van der Waals surface area contributed by atoms with E-state index in [1.807, 2.05) is 6.07 Å². The summed E-state index contributed by atoms with van der Waals surface area (Å²) in [5.41, 5.74) is 0.591. The largest absolute Gasteiger partial charge is 0.392 e. The fourth-order valence-electron chi connectivity index (χ4n) is 3.02. The van der Waals surface area contributed by atoms with Crippen molar-refractivity contribution in [3.8, 4) is 6.07 Å². The van der Waals surface area contributed by atoms with E-state index in [1.54, 1.807) is 12.3 Å². The Morgan fingerprint density at radius 2 is 2.00 bits per heavy atom. The van der Waals surface area contributed by atoms with Crippen molar-refractivity contribution < 1.29 is 5.11 Å². The molecule has 3 atom stereocenters. The van der Waals surface area contributed by atoms with E-state index in [0.29, 0.717) is 17.4 Å². The lowest BCUT2D eigenvalue weighted by Crippen LogP contribution is -2.45. The van der Waals surface area contributed by atoms with Gasteiger partial charge in [0.25, 0.3) is 0 Å². The molecule has 2 aliphatic rings. The van der Waals surface area contributed by atoms with E-state index in [9.17, 15) is 5.11 Å². The molecule has 1 aliphatic heterocycles. The Morgan fingerprint density at radius 3 is 2.53 bits per heavy atom. The molecule has 1 saturated heterocycles. The third-order valence-corrected chi connectivity index (χ3v) is 3.98. The van der Waals surface area contributed by atoms with Crippen LogP contribution in [0.1, 0.15) is 18.4 Å². The molecule has 17 heavy (non-hydrogen) atoms. The van der Waals surface area contributed by atoms with Crippen LogP contribution in [0, 0.1) is 23.2 Å². The Kier molecular flexibility index (Phi) is 2.49. The maximum Gasteiger partial charge on any atom is 0.128 e. The first kappa shape index (κ1) is 10.5. The van der Waals surface area contributed by atoms with Crippen LogP contribution in [0.25, 0.3) is 0 Å². The summed E-state index contributed by atoms with van der Waals surface area (Å²) in [7, 11) is 0. The molecule has 1 aromatic heterocycles. The van der Waals surface area contributed by atoms with E-state index in [0.717, 1.165) is 31.7 Å². The molecule has 1 aliphatic carbocycles. The molecule has 2 heterocycles. The SMILES string of the molecule is N#Cc1ccc(N2C[C@H]3CC[C@@H](C2)C3O)nc1. The van der Waals surface area contributed by atoms with Crippen molar-refractivity contribution >= 4 is 5.82 Å². The number of aromatic nitrogens is 1. The van der Waals surface area contributed by atoms with Gasteiger partial charge in [0.1, 0.15) is 11.9 Å². The van der Waals surface area contributed by atoms with E-state index in [-0.39, 0.29) is 6.10 Å². The molecule has 2 bridgehead atoms. The number of anilines is 1. The second-order valence-corrected chi connectivity index (χ2v) is 5.01. The predicted molar refractivity (Wildman–Crippen MR) is 63.4 cm³/mol. The van der Waals surface area contributed by atoms with Gasteiger partial charge in [-0.15, -0.1) is 0 Å². The summed E-state index contributed by atoms with van der Waals surface area (Å²) in [6.07, 6.45) is 3.74. The third kappa shape index (κ3) is 1.77. The highest BCUT2D eigenvalue weighted by molar-refractivity contribution is 5.43. The molecular formula is C13H15N3O. The van der Waals surface area contributed by atoms with Crippen molar-refractivity contribution in [3.63, 3.8) is 0 Å². The number of aliphatic hydroxyl groups excluding tert-OH is 1. The molecule has 4 heteroatoms. The lowest BCUT2D eigenvalue weighted by atomic mass is 9.95. The summed E-state index contributed by atoms with van der Waals surface area (Å²) in [5.74, 6) is 1.71. The number of hydrogen-bond acceptors (Lipinski definition) is 4. The van der Waals surface area contributed by atoms with Crippen LogP contribution in [0.15, 0.2) is 18.3 Å². The molecule has 0 spiro atoms. The zero-order chi connectivity index (χ0) is 11.8. The van der Waals surface area contributed by atoms with Gasteiger partial charge in [-0.1, -0.05) is 0 Å². The first-order chi connectivity index (χ1) is 8.28. The van der Waals surface area contributed by atoms with Crippen LogP contribution in [0.3, 0.4) is 0 Å². The average Bonchev–Trinajstić information content (AvgIpc) is 2.61. The molecule has 3 rings (SSSR count). The summed E-state index contributed by atoms with van der Waals surface area (Å²) in [6.45, 7) is 1.77. The maximum absolute atomic E-state index is 9.97. The molecule has 0 radical (unpaired) electrons. The van der Waals surface area contributed by atoms with Crippen LogP contribution in [0.4, 0.5) is 5.82 Å². The number of piperidine rings is 1. The monoisotopic (exact) mass is 229 g/mol. The number of fused-ring (bicyclic) bond motifs is 2. The normalized spacial score (nSPS) is 31.3. The van der Waals surface area contributed by atoms with Crippen LogP contribution in [0.5, 0.6) is 0 Å². The first-order valence-corrected chi connectivity index (χ1v) is 6.07. The molecule has 1 saturated carbocycles. The minimum absolute atomic E-state index is 0.121. The van der Waals surface area contributed by atoms with Gasteiger partial charge < -0.3 is 10.0 Å². The van der Waals surface area contributed by atoms with Gasteiger partial charge in [-0.2, -0.15) is 5.26 Å². The van der Waals surface area contributed by atoms with Crippen molar-refractivity contribution in [1.29, 1.82) is 5.26 Å². The Labute approximate surface area is 101 Å². The van der Waals surface area contributed by atoms with Crippen LogP contribution in [-0.2, 0) is 0 Å². The highest BCUT2D eigenvalue weighted by Crippen LogP contribution is 2.37. The quantitative estimate of drug-likeness (QED) is 0.785. The van der Waals surface area contributed by atoms with E-state index in [2.05, 4.69) is 16.0 Å². The van der Waals surface area contributed by atoms with E-state index < -0.39 is 0 Å². The van der Waals surface area contributed by atoms with E-state index in [4.69, 9.17) is 5.26 Å². The summed E-state index contributed by atoms with van der Waals surface area (Å²) >= 11 is 0. The Balaban J connectivity index is 1.79. The van der Waals surface area contributed by atoms with Gasteiger partial charge in [0.15, 0.2) is 0 Å². The molecule has 1 aromatic rings. The van der Waals surface area contributed by atoms with Gasteiger partial charge in [-0.3, -0.25) is 0 Å². The van der Waals surface area contributed by atoms with Crippen molar-refractivity contribution in [2.75, 3.05) is 18.0 Å². The predicted octanol–water partition coefficient (Wildman–Crippen LogP) is 1.16. The molecule has 0 aromatic carbocycles. The average molecular weight is 229 g/mol. The van der Waals surface area contributed by atoms with Crippen molar-refractivity contribution in [3.05, 3.63) is 23.9 Å². The highest BCUT2D eigenvalue weighted by atomic mass is 16.3. The lowest BCUT2D eigenvalue weighted by molar-refractivity contribution is 0.0790. The molecule has 4 nitrogen and oxygen atoms in total. The van der Waals surface area contributed by atoms with Crippen LogP contribution < -0.4 is 4.90 Å². The highest BCUT2D eigenvalue weighted by Gasteiger charge is 2.41. The number of nitriles is 1. The smallest absolute Gasteiger partial charge is 0.128 e. The Bertz CT molecular complexity index is 437. The number of pyridine rings is 1. The summed E-state index contributed by atoms with van der Waals surface area (Å²) in [5, 5.41) is 18.7. The van der Waals surface area contributed by atoms with Gasteiger partial charge >= 0.3 is 0 Å². The van der Waals surface area contributed by atoms with Crippen molar-refractivity contribution in [2.45, 2.75) is 18.9 Å². The maximum atomic E-state index is 9.97. The van der Waals surface area contributed by atoms with Gasteiger partial charge in [0, 0.05) is 31.1 Å². The molecule has 1 unspecified atom stereocenters. The Morgan fingerprint density at radius 1 is 1.29 bits per heavy atom. The topological polar surface area (TPSA) is 60.2 Å². The molecule has 88 valence electrons. The molecular weight excluding hydrogens is 214 g/mol. The van der Waals surface area contributed by atoms with Crippen LogP contribution in [0.2, 0.25) is 0 Å². The van der Waals surface area contributed by atoms with Crippen LogP contribution >= 0.6 is 0 Å². The Hall–Kier alpha value is -1.60. The molecule has 2 fully saturated rings. The van der Waals surface area contributed by atoms with E-state index >= 15 is 0 Å².